The van der Waals surface area contributed by atoms with Crippen LogP contribution in [0.15, 0.2) is 27.1 Å². The van der Waals surface area contributed by atoms with Gasteiger partial charge in [-0.1, -0.05) is 44.8 Å². The molecule has 0 aliphatic heterocycles. The maximum Gasteiger partial charge on any atom is 0.0221 e. The van der Waals surface area contributed by atoms with Crippen molar-refractivity contribution < 1.29 is 0 Å². The summed E-state index contributed by atoms with van der Waals surface area (Å²) in [6.45, 7) is 2.13. The Morgan fingerprint density at radius 2 is 2.09 bits per heavy atom. The molecule has 0 aliphatic carbocycles. The number of hydrogen-bond donors (Lipinski definition) is 0. The number of halogens is 2. The fourth-order valence-electron chi connectivity index (χ4n) is 0.887. The van der Waals surface area contributed by atoms with Crippen molar-refractivity contribution in [2.75, 3.05) is 0 Å². The molecular weight excluding hydrogens is 268 g/mol. The van der Waals surface area contributed by atoms with E-state index in [0.717, 1.165) is 15.4 Å². The summed E-state index contributed by atoms with van der Waals surface area (Å²) in [5.41, 5.74) is 1.26. The second kappa shape index (κ2) is 4.27. The van der Waals surface area contributed by atoms with Crippen LogP contribution in [-0.2, 0) is 0 Å². The molecule has 0 spiro atoms. The van der Waals surface area contributed by atoms with Crippen LogP contribution in [0.5, 0.6) is 0 Å². The summed E-state index contributed by atoms with van der Waals surface area (Å²) < 4.78 is 2.26. The van der Waals surface area contributed by atoms with Gasteiger partial charge >= 0.3 is 0 Å². The predicted molar refractivity (Wildman–Crippen MR) is 55.5 cm³/mol. The minimum absolute atomic E-state index is 1.07. The molecule has 0 amide bonds. The highest BCUT2D eigenvalue weighted by Crippen LogP contribution is 2.23. The molecule has 0 nitrogen and oxygen atoms in total. The Labute approximate surface area is 84.3 Å². The Hall–Kier alpha value is 0.180. The Morgan fingerprint density at radius 3 is 2.64 bits per heavy atom. The summed E-state index contributed by atoms with van der Waals surface area (Å²) in [6.07, 6.45) is 3.26. The lowest BCUT2D eigenvalue weighted by Crippen LogP contribution is -1.81. The summed E-state index contributed by atoms with van der Waals surface area (Å²) in [5, 5.41) is 0. The lowest BCUT2D eigenvalue weighted by molar-refractivity contribution is 1.12. The molecular formula is C9H9Br2. The average Bonchev–Trinajstić information content (AvgIpc) is 1.95. The molecule has 11 heavy (non-hydrogen) atoms. The van der Waals surface area contributed by atoms with E-state index in [9.17, 15) is 0 Å². The summed E-state index contributed by atoms with van der Waals surface area (Å²) in [7, 11) is 0. The lowest BCUT2D eigenvalue weighted by atomic mass is 10.1. The third-order valence-electron chi connectivity index (χ3n) is 1.39. The van der Waals surface area contributed by atoms with Gasteiger partial charge in [0.05, 0.1) is 0 Å². The summed E-state index contributed by atoms with van der Waals surface area (Å²) >= 11 is 6.89. The van der Waals surface area contributed by atoms with E-state index in [1.165, 1.54) is 5.56 Å². The zero-order valence-electron chi connectivity index (χ0n) is 6.27. The molecule has 0 heterocycles. The molecule has 0 saturated carbocycles. The Balaban J connectivity index is 2.90. The molecule has 0 unspecified atom stereocenters. The monoisotopic (exact) mass is 275 g/mol. The Morgan fingerprint density at radius 1 is 1.36 bits per heavy atom. The molecule has 0 aromatic heterocycles. The van der Waals surface area contributed by atoms with Gasteiger partial charge in [-0.05, 0) is 30.5 Å². The fraction of sp³-hybridized carbons (Fsp3) is 0.222. The molecule has 0 fully saturated rings. The first-order valence-corrected chi connectivity index (χ1v) is 5.11. The van der Waals surface area contributed by atoms with Gasteiger partial charge in [0.25, 0.3) is 0 Å². The van der Waals surface area contributed by atoms with E-state index in [1.807, 2.05) is 6.07 Å². The topological polar surface area (TPSA) is 0 Å². The van der Waals surface area contributed by atoms with E-state index in [2.05, 4.69) is 57.3 Å². The second-order valence-electron chi connectivity index (χ2n) is 2.28. The highest BCUT2D eigenvalue weighted by Gasteiger charge is 1.98. The van der Waals surface area contributed by atoms with Gasteiger partial charge in [-0.2, -0.15) is 0 Å². The summed E-state index contributed by atoms with van der Waals surface area (Å²) in [4.78, 5) is 0. The van der Waals surface area contributed by atoms with Gasteiger partial charge in [0.2, 0.25) is 0 Å². The predicted octanol–water partition coefficient (Wildman–Crippen LogP) is 4.17. The third-order valence-corrected chi connectivity index (χ3v) is 2.57. The standard InChI is InChI=1S/C9H9Br2/c1-2-3-7-4-5-8(10)6-9(7)11/h3-6H,2H2,1H3. The van der Waals surface area contributed by atoms with E-state index in [-0.39, 0.29) is 0 Å². The van der Waals surface area contributed by atoms with E-state index < -0.39 is 0 Å². The van der Waals surface area contributed by atoms with E-state index in [1.54, 1.807) is 0 Å². The largest absolute Gasteiger partial charge is 0.0648 e. The van der Waals surface area contributed by atoms with Crippen LogP contribution in [0, 0.1) is 6.42 Å². The average molecular weight is 277 g/mol. The molecule has 1 rings (SSSR count). The molecule has 0 N–H and O–H groups in total. The van der Waals surface area contributed by atoms with Crippen LogP contribution in [0.25, 0.3) is 0 Å². The van der Waals surface area contributed by atoms with Crippen LogP contribution in [0.1, 0.15) is 18.9 Å². The van der Waals surface area contributed by atoms with Crippen molar-refractivity contribution in [2.24, 2.45) is 0 Å². The minimum atomic E-state index is 1.07. The summed E-state index contributed by atoms with van der Waals surface area (Å²) in [6, 6.07) is 6.20. The van der Waals surface area contributed by atoms with E-state index in [4.69, 9.17) is 0 Å². The first kappa shape index (κ1) is 9.27. The van der Waals surface area contributed by atoms with Crippen LogP contribution >= 0.6 is 31.9 Å². The minimum Gasteiger partial charge on any atom is -0.0648 e. The molecule has 0 aliphatic rings. The van der Waals surface area contributed by atoms with Crippen molar-refractivity contribution in [1.29, 1.82) is 0 Å². The molecule has 0 saturated heterocycles. The van der Waals surface area contributed by atoms with Crippen molar-refractivity contribution in [3.05, 3.63) is 39.1 Å². The molecule has 2 heteroatoms. The number of rotatable bonds is 2. The molecule has 0 atom stereocenters. The van der Waals surface area contributed by atoms with Crippen LogP contribution in [0.2, 0.25) is 0 Å². The third kappa shape index (κ3) is 2.60. The quantitative estimate of drug-likeness (QED) is 0.760. The second-order valence-corrected chi connectivity index (χ2v) is 4.05. The van der Waals surface area contributed by atoms with Crippen molar-refractivity contribution in [3.8, 4) is 0 Å². The van der Waals surface area contributed by atoms with E-state index >= 15 is 0 Å². The highest BCUT2D eigenvalue weighted by atomic mass is 79.9. The Kier molecular flexibility index (Phi) is 3.60. The zero-order valence-corrected chi connectivity index (χ0v) is 9.44. The molecule has 1 aromatic rings. The van der Waals surface area contributed by atoms with Crippen LogP contribution in [0.4, 0.5) is 0 Å². The van der Waals surface area contributed by atoms with Crippen LogP contribution in [0.3, 0.4) is 0 Å². The van der Waals surface area contributed by atoms with Gasteiger partial charge < -0.3 is 0 Å². The molecule has 1 aromatic carbocycles. The van der Waals surface area contributed by atoms with Crippen molar-refractivity contribution >= 4 is 31.9 Å². The first-order chi connectivity index (χ1) is 5.24. The smallest absolute Gasteiger partial charge is 0.0221 e. The number of hydrogen-bond acceptors (Lipinski definition) is 0. The fourth-order valence-corrected chi connectivity index (χ4v) is 2.10. The van der Waals surface area contributed by atoms with Crippen LogP contribution < -0.4 is 0 Å². The molecule has 59 valence electrons. The van der Waals surface area contributed by atoms with E-state index in [0.29, 0.717) is 0 Å². The van der Waals surface area contributed by atoms with Gasteiger partial charge in [-0.25, -0.2) is 0 Å². The zero-order chi connectivity index (χ0) is 8.27. The van der Waals surface area contributed by atoms with Crippen molar-refractivity contribution in [3.63, 3.8) is 0 Å². The van der Waals surface area contributed by atoms with Gasteiger partial charge in [-0.3, -0.25) is 0 Å². The Bertz CT molecular complexity index is 243. The normalized spacial score (nSPS) is 10.1. The first-order valence-electron chi connectivity index (χ1n) is 3.52. The maximum atomic E-state index is 3.49. The highest BCUT2D eigenvalue weighted by molar-refractivity contribution is 9.11. The maximum absolute atomic E-state index is 3.49. The number of benzene rings is 1. The van der Waals surface area contributed by atoms with Crippen molar-refractivity contribution in [2.45, 2.75) is 13.3 Å². The molecule has 1 radical (unpaired) electrons. The molecule has 0 bridgehead atoms. The van der Waals surface area contributed by atoms with Gasteiger partial charge in [-0.15, -0.1) is 0 Å². The van der Waals surface area contributed by atoms with Gasteiger partial charge in [0.1, 0.15) is 0 Å². The van der Waals surface area contributed by atoms with Gasteiger partial charge in [0, 0.05) is 8.95 Å². The van der Waals surface area contributed by atoms with Crippen molar-refractivity contribution in [1.82, 2.24) is 0 Å². The van der Waals surface area contributed by atoms with Crippen LogP contribution in [-0.4, -0.2) is 0 Å². The SMILES string of the molecule is CC[CH]c1ccc(Br)cc1Br. The lowest BCUT2D eigenvalue weighted by Gasteiger charge is -2.01. The van der Waals surface area contributed by atoms with Gasteiger partial charge in [0.15, 0.2) is 0 Å². The summed E-state index contributed by atoms with van der Waals surface area (Å²) in [5.74, 6) is 0.